The van der Waals surface area contributed by atoms with Crippen molar-refractivity contribution in [1.29, 1.82) is 0 Å². The van der Waals surface area contributed by atoms with Gasteiger partial charge in [-0.05, 0) is 49.1 Å². The van der Waals surface area contributed by atoms with Crippen molar-refractivity contribution in [2.45, 2.75) is 19.3 Å². The number of amides is 1. The summed E-state index contributed by atoms with van der Waals surface area (Å²) in [6.45, 7) is 2.18. The summed E-state index contributed by atoms with van der Waals surface area (Å²) in [7, 11) is 3.25. The van der Waals surface area contributed by atoms with Crippen molar-refractivity contribution in [2.24, 2.45) is 5.92 Å². The number of piperidine rings is 1. The Morgan fingerprint density at radius 2 is 1.94 bits per heavy atom. The van der Waals surface area contributed by atoms with Gasteiger partial charge >= 0.3 is 0 Å². The van der Waals surface area contributed by atoms with Crippen molar-refractivity contribution in [1.82, 2.24) is 20.3 Å². The number of ether oxygens (including phenoxy) is 2. The van der Waals surface area contributed by atoms with Crippen LogP contribution in [0.5, 0.6) is 11.5 Å². The van der Waals surface area contributed by atoms with E-state index in [1.807, 2.05) is 24.3 Å². The molecule has 0 unspecified atom stereocenters. The van der Waals surface area contributed by atoms with E-state index in [1.165, 1.54) is 0 Å². The molecule has 0 aliphatic carbocycles. The Labute approximate surface area is 201 Å². The summed E-state index contributed by atoms with van der Waals surface area (Å²) in [4.78, 5) is 29.6. The Morgan fingerprint density at radius 1 is 1.12 bits per heavy atom. The Bertz CT molecular complexity index is 1320. The van der Waals surface area contributed by atoms with Gasteiger partial charge in [0.2, 0.25) is 5.91 Å². The molecule has 0 spiro atoms. The van der Waals surface area contributed by atoms with Gasteiger partial charge in [0.25, 0.3) is 0 Å². The second-order valence-corrected chi connectivity index (χ2v) is 9.32. The van der Waals surface area contributed by atoms with Gasteiger partial charge in [-0.15, -0.1) is 11.3 Å². The van der Waals surface area contributed by atoms with E-state index < -0.39 is 0 Å². The van der Waals surface area contributed by atoms with Gasteiger partial charge in [0.1, 0.15) is 17.0 Å². The Kier molecular flexibility index (Phi) is 6.44. The maximum Gasteiger partial charge on any atom is 0.223 e. The molecule has 9 heteroatoms. The highest BCUT2D eigenvalue weighted by atomic mass is 32.1. The lowest BCUT2D eigenvalue weighted by molar-refractivity contribution is -0.125. The summed E-state index contributed by atoms with van der Waals surface area (Å²) in [5.74, 6) is 2.49. The molecule has 0 radical (unpaired) electrons. The third-order valence-electron chi connectivity index (χ3n) is 6.34. The quantitative estimate of drug-likeness (QED) is 0.433. The van der Waals surface area contributed by atoms with Crippen molar-refractivity contribution < 1.29 is 14.3 Å². The van der Waals surface area contributed by atoms with Gasteiger partial charge in [0.05, 0.1) is 24.4 Å². The number of hydrogen-bond acceptors (Lipinski definition) is 8. The van der Waals surface area contributed by atoms with Crippen molar-refractivity contribution >= 4 is 43.5 Å². The number of rotatable bonds is 7. The summed E-state index contributed by atoms with van der Waals surface area (Å²) < 4.78 is 11.7. The minimum Gasteiger partial charge on any atom is -0.493 e. The molecule has 1 N–H and O–H groups in total. The van der Waals surface area contributed by atoms with Crippen molar-refractivity contribution in [2.75, 3.05) is 38.8 Å². The van der Waals surface area contributed by atoms with Crippen LogP contribution in [0.1, 0.15) is 18.4 Å². The number of fused-ring (bicyclic) bond motifs is 3. The molecule has 1 aliphatic heterocycles. The van der Waals surface area contributed by atoms with E-state index in [4.69, 9.17) is 9.47 Å². The molecule has 1 aliphatic rings. The minimum atomic E-state index is 0.0167. The molecule has 0 atom stereocenters. The Balaban J connectivity index is 1.18. The highest BCUT2D eigenvalue weighted by Gasteiger charge is 2.27. The number of nitrogens with zero attached hydrogens (tertiary/aromatic N) is 4. The average Bonchev–Trinajstić information content (AvgIpc) is 3.27. The fourth-order valence-electron chi connectivity index (χ4n) is 4.49. The van der Waals surface area contributed by atoms with Crippen molar-refractivity contribution in [3.8, 4) is 11.5 Å². The first kappa shape index (κ1) is 22.3. The van der Waals surface area contributed by atoms with Crippen LogP contribution in [-0.4, -0.2) is 54.7 Å². The van der Waals surface area contributed by atoms with Gasteiger partial charge in [-0.2, -0.15) is 0 Å². The molecule has 1 amide bonds. The zero-order valence-electron chi connectivity index (χ0n) is 19.3. The smallest absolute Gasteiger partial charge is 0.223 e. The van der Waals surface area contributed by atoms with Crippen LogP contribution in [0.3, 0.4) is 0 Å². The number of nitrogens with one attached hydrogen (secondary N) is 1. The first-order valence-corrected chi connectivity index (χ1v) is 12.2. The van der Waals surface area contributed by atoms with E-state index >= 15 is 0 Å². The van der Waals surface area contributed by atoms with E-state index in [0.717, 1.165) is 64.2 Å². The van der Waals surface area contributed by atoms with Crippen LogP contribution in [0.15, 0.2) is 42.9 Å². The molecule has 0 saturated carbocycles. The molecular weight excluding hydrogens is 450 g/mol. The third kappa shape index (κ3) is 4.35. The number of aromatic nitrogens is 3. The molecular formula is C25H27N5O3S. The second-order valence-electron chi connectivity index (χ2n) is 8.32. The predicted molar refractivity (Wildman–Crippen MR) is 134 cm³/mol. The molecule has 5 rings (SSSR count). The molecule has 1 saturated heterocycles. The minimum absolute atomic E-state index is 0.0167. The number of thiophene rings is 1. The summed E-state index contributed by atoms with van der Waals surface area (Å²) in [5, 5.41) is 4.17. The predicted octanol–water partition coefficient (Wildman–Crippen LogP) is 3.83. The number of methoxy groups -OCH3 is 2. The van der Waals surface area contributed by atoms with Gasteiger partial charge < -0.3 is 19.7 Å². The topological polar surface area (TPSA) is 89.5 Å². The fraction of sp³-hybridized carbons (Fsp3) is 0.360. The summed E-state index contributed by atoms with van der Waals surface area (Å²) >= 11 is 1.63. The molecule has 1 aromatic carbocycles. The third-order valence-corrected chi connectivity index (χ3v) is 7.43. The largest absolute Gasteiger partial charge is 0.493 e. The molecule has 34 heavy (non-hydrogen) atoms. The first-order chi connectivity index (χ1) is 16.7. The zero-order valence-corrected chi connectivity index (χ0v) is 20.1. The van der Waals surface area contributed by atoms with Gasteiger partial charge in [0.15, 0.2) is 11.5 Å². The molecule has 3 aromatic heterocycles. The average molecular weight is 478 g/mol. The van der Waals surface area contributed by atoms with Crippen LogP contribution in [0.2, 0.25) is 0 Å². The van der Waals surface area contributed by atoms with Crippen LogP contribution in [0, 0.1) is 5.92 Å². The van der Waals surface area contributed by atoms with Crippen LogP contribution < -0.4 is 19.7 Å². The maximum atomic E-state index is 12.8. The number of pyridine rings is 1. The highest BCUT2D eigenvalue weighted by Crippen LogP contribution is 2.37. The van der Waals surface area contributed by atoms with E-state index in [2.05, 4.69) is 31.2 Å². The van der Waals surface area contributed by atoms with Gasteiger partial charge in [-0.1, -0.05) is 6.07 Å². The number of carbonyl (C=O) groups is 1. The first-order valence-electron chi connectivity index (χ1n) is 11.4. The molecule has 4 aromatic rings. The number of anilines is 1. The molecule has 1 fully saturated rings. The van der Waals surface area contributed by atoms with Gasteiger partial charge in [-0.3, -0.25) is 4.79 Å². The molecule has 0 bridgehead atoms. The van der Waals surface area contributed by atoms with Crippen LogP contribution in [0.25, 0.3) is 20.4 Å². The standard InChI is InChI=1S/C25H27N5O3S/c1-32-19-6-5-16(14-20(19)33-2)7-11-26-24(31)17-8-12-30(13-9-17)23-22-21(28-15-29-23)18-4-3-10-27-25(18)34-22/h3-6,10,14-15,17H,7-9,11-13H2,1-2H3,(H,26,31). The van der Waals surface area contributed by atoms with Crippen LogP contribution >= 0.6 is 11.3 Å². The summed E-state index contributed by atoms with van der Waals surface area (Å²) in [6, 6.07) is 9.83. The normalized spacial score (nSPS) is 14.5. The monoisotopic (exact) mass is 477 g/mol. The van der Waals surface area contributed by atoms with Crippen molar-refractivity contribution in [3.63, 3.8) is 0 Å². The SMILES string of the molecule is COc1ccc(CCNC(=O)C2CCN(c3ncnc4c3sc3ncccc34)CC2)cc1OC. The molecule has 8 nitrogen and oxygen atoms in total. The summed E-state index contributed by atoms with van der Waals surface area (Å²) in [5.41, 5.74) is 2.05. The lowest BCUT2D eigenvalue weighted by Gasteiger charge is -2.32. The fourth-order valence-corrected chi connectivity index (χ4v) is 5.60. The number of hydrogen-bond donors (Lipinski definition) is 1. The van der Waals surface area contributed by atoms with Crippen LogP contribution in [0.4, 0.5) is 5.82 Å². The lowest BCUT2D eigenvalue weighted by Crippen LogP contribution is -2.41. The van der Waals surface area contributed by atoms with Crippen LogP contribution in [-0.2, 0) is 11.2 Å². The van der Waals surface area contributed by atoms with Crippen molar-refractivity contribution in [3.05, 3.63) is 48.4 Å². The highest BCUT2D eigenvalue weighted by molar-refractivity contribution is 7.25. The van der Waals surface area contributed by atoms with E-state index in [9.17, 15) is 4.79 Å². The summed E-state index contributed by atoms with van der Waals surface area (Å²) in [6.07, 6.45) is 5.78. The lowest BCUT2D eigenvalue weighted by atomic mass is 9.96. The molecule has 4 heterocycles. The van der Waals surface area contributed by atoms with Gasteiger partial charge in [0, 0.05) is 37.1 Å². The second kappa shape index (κ2) is 9.80. The van der Waals surface area contributed by atoms with E-state index in [1.54, 1.807) is 38.1 Å². The zero-order chi connectivity index (χ0) is 23.5. The molecule has 176 valence electrons. The number of benzene rings is 1. The Hall–Kier alpha value is -3.46. The Morgan fingerprint density at radius 3 is 2.74 bits per heavy atom. The maximum absolute atomic E-state index is 12.8. The van der Waals surface area contributed by atoms with E-state index in [0.29, 0.717) is 18.0 Å². The van der Waals surface area contributed by atoms with Gasteiger partial charge in [-0.25, -0.2) is 15.0 Å². The number of carbonyl (C=O) groups excluding carboxylic acids is 1. The van der Waals surface area contributed by atoms with E-state index in [-0.39, 0.29) is 11.8 Å².